The monoisotopic (exact) mass is 275 g/mol. The average molecular weight is 275 g/mol. The fraction of sp³-hybridized carbons (Fsp3) is 0.556. The van der Waals surface area contributed by atoms with Crippen molar-refractivity contribution < 1.29 is 22.8 Å². The summed E-state index contributed by atoms with van der Waals surface area (Å²) >= 11 is 0. The highest BCUT2D eigenvalue weighted by atomic mass is 32.2. The summed E-state index contributed by atoms with van der Waals surface area (Å²) in [4.78, 5) is 16.6. The molecule has 2 rings (SSSR count). The van der Waals surface area contributed by atoms with Gasteiger partial charge in [0.25, 0.3) is 10.0 Å². The SMILES string of the molecule is CCOC(=O)c1cn[nH]c1S(=O)(=O)N1CCCO1. The molecule has 0 bridgehead atoms. The molecule has 8 nitrogen and oxygen atoms in total. The van der Waals surface area contributed by atoms with E-state index < -0.39 is 16.0 Å². The number of sulfonamides is 1. The van der Waals surface area contributed by atoms with Crippen molar-refractivity contribution >= 4 is 16.0 Å². The second kappa shape index (κ2) is 5.04. The molecule has 18 heavy (non-hydrogen) atoms. The van der Waals surface area contributed by atoms with E-state index in [1.165, 1.54) is 0 Å². The van der Waals surface area contributed by atoms with Crippen LogP contribution in [0.5, 0.6) is 0 Å². The first-order valence-electron chi connectivity index (χ1n) is 5.43. The lowest BCUT2D eigenvalue weighted by molar-refractivity contribution is -0.0287. The Morgan fingerprint density at radius 1 is 1.67 bits per heavy atom. The molecule has 0 aromatic carbocycles. The number of aromatic amines is 1. The van der Waals surface area contributed by atoms with Crippen LogP contribution in [0, 0.1) is 0 Å². The molecule has 0 atom stereocenters. The van der Waals surface area contributed by atoms with Crippen LogP contribution in [0.25, 0.3) is 0 Å². The van der Waals surface area contributed by atoms with Gasteiger partial charge in [0, 0.05) is 6.54 Å². The zero-order valence-corrected chi connectivity index (χ0v) is 10.6. The fourth-order valence-electron chi connectivity index (χ4n) is 1.54. The third-order valence-electron chi connectivity index (χ3n) is 2.35. The van der Waals surface area contributed by atoms with E-state index in [9.17, 15) is 13.2 Å². The summed E-state index contributed by atoms with van der Waals surface area (Å²) in [7, 11) is -3.90. The predicted molar refractivity (Wildman–Crippen MR) is 59.0 cm³/mol. The van der Waals surface area contributed by atoms with E-state index in [0.29, 0.717) is 13.0 Å². The van der Waals surface area contributed by atoms with Crippen LogP contribution in [0.15, 0.2) is 11.2 Å². The molecule has 100 valence electrons. The third kappa shape index (κ3) is 2.24. The highest BCUT2D eigenvalue weighted by molar-refractivity contribution is 7.89. The smallest absolute Gasteiger partial charge is 0.342 e. The molecule has 1 N–H and O–H groups in total. The van der Waals surface area contributed by atoms with E-state index >= 15 is 0 Å². The molecule has 0 spiro atoms. The number of H-pyrrole nitrogens is 1. The van der Waals surface area contributed by atoms with Gasteiger partial charge >= 0.3 is 5.97 Å². The number of hydrogen-bond acceptors (Lipinski definition) is 6. The molecule has 1 saturated heterocycles. The zero-order chi connectivity index (χ0) is 13.2. The topological polar surface area (TPSA) is 102 Å². The van der Waals surface area contributed by atoms with E-state index in [2.05, 4.69) is 10.2 Å². The van der Waals surface area contributed by atoms with Gasteiger partial charge in [-0.25, -0.2) is 13.2 Å². The summed E-state index contributed by atoms with van der Waals surface area (Å²) in [5.74, 6) is -0.732. The lowest BCUT2D eigenvalue weighted by atomic mass is 10.4. The van der Waals surface area contributed by atoms with Crippen molar-refractivity contribution in [1.82, 2.24) is 14.7 Å². The van der Waals surface area contributed by atoms with Crippen LogP contribution in [0.3, 0.4) is 0 Å². The fourth-order valence-corrected chi connectivity index (χ4v) is 2.91. The lowest BCUT2D eigenvalue weighted by Gasteiger charge is -2.13. The number of nitrogens with one attached hydrogen (secondary N) is 1. The molecule has 0 amide bonds. The van der Waals surface area contributed by atoms with Gasteiger partial charge in [0.05, 0.1) is 19.4 Å². The average Bonchev–Trinajstić information content (AvgIpc) is 3.01. The Bertz CT molecular complexity index is 532. The van der Waals surface area contributed by atoms with Gasteiger partial charge in [0.2, 0.25) is 0 Å². The van der Waals surface area contributed by atoms with Gasteiger partial charge in [-0.05, 0) is 13.3 Å². The molecule has 0 aliphatic carbocycles. The zero-order valence-electron chi connectivity index (χ0n) is 9.75. The first-order chi connectivity index (χ1) is 8.57. The number of aromatic nitrogens is 2. The molecule has 2 heterocycles. The van der Waals surface area contributed by atoms with E-state index in [4.69, 9.17) is 9.57 Å². The van der Waals surface area contributed by atoms with Crippen molar-refractivity contribution in [3.8, 4) is 0 Å². The maximum atomic E-state index is 12.1. The van der Waals surface area contributed by atoms with E-state index in [1.807, 2.05) is 0 Å². The minimum atomic E-state index is -3.90. The van der Waals surface area contributed by atoms with Gasteiger partial charge in [-0.1, -0.05) is 4.47 Å². The van der Waals surface area contributed by atoms with Gasteiger partial charge < -0.3 is 4.74 Å². The van der Waals surface area contributed by atoms with Gasteiger partial charge in [0.15, 0.2) is 5.03 Å². The molecule has 0 unspecified atom stereocenters. The van der Waals surface area contributed by atoms with Gasteiger partial charge in [-0.3, -0.25) is 9.94 Å². The summed E-state index contributed by atoms with van der Waals surface area (Å²) in [5, 5.41) is 5.57. The predicted octanol–water partition coefficient (Wildman–Crippen LogP) is -0.0876. The molecule has 0 saturated carbocycles. The van der Waals surface area contributed by atoms with Crippen LogP contribution in [0.2, 0.25) is 0 Å². The third-order valence-corrected chi connectivity index (χ3v) is 4.00. The summed E-state index contributed by atoms with van der Waals surface area (Å²) in [6.45, 7) is 2.38. The maximum Gasteiger partial charge on any atom is 0.342 e. The van der Waals surface area contributed by atoms with Crippen molar-refractivity contribution in [2.75, 3.05) is 19.8 Å². The highest BCUT2D eigenvalue weighted by Crippen LogP contribution is 2.21. The Labute approximate surface area is 104 Å². The van der Waals surface area contributed by atoms with Crippen molar-refractivity contribution in [2.45, 2.75) is 18.4 Å². The number of carbonyl (C=O) groups excluding carboxylic acids is 1. The molecule has 1 aromatic heterocycles. The molecule has 9 heteroatoms. The Kier molecular flexibility index (Phi) is 3.64. The van der Waals surface area contributed by atoms with Crippen molar-refractivity contribution in [3.05, 3.63) is 11.8 Å². The Balaban J connectivity index is 2.33. The van der Waals surface area contributed by atoms with E-state index in [1.54, 1.807) is 6.92 Å². The van der Waals surface area contributed by atoms with Crippen LogP contribution < -0.4 is 0 Å². The molecule has 1 aromatic rings. The second-order valence-electron chi connectivity index (χ2n) is 3.55. The number of esters is 1. The van der Waals surface area contributed by atoms with Crippen molar-refractivity contribution in [3.63, 3.8) is 0 Å². The Morgan fingerprint density at radius 3 is 3.06 bits per heavy atom. The summed E-state index contributed by atoms with van der Waals surface area (Å²) < 4.78 is 29.9. The largest absolute Gasteiger partial charge is 0.462 e. The van der Waals surface area contributed by atoms with Crippen LogP contribution in [0.4, 0.5) is 0 Å². The molecule has 1 aliphatic heterocycles. The minimum absolute atomic E-state index is 0.118. The number of hydroxylamine groups is 1. The quantitative estimate of drug-likeness (QED) is 0.771. The van der Waals surface area contributed by atoms with Gasteiger partial charge in [-0.2, -0.15) is 5.10 Å². The van der Waals surface area contributed by atoms with Gasteiger partial charge in [-0.15, -0.1) is 0 Å². The molecule has 1 aliphatic rings. The van der Waals surface area contributed by atoms with E-state index in [0.717, 1.165) is 10.7 Å². The molecular weight excluding hydrogens is 262 g/mol. The van der Waals surface area contributed by atoms with E-state index in [-0.39, 0.29) is 23.7 Å². The number of rotatable bonds is 4. The van der Waals surface area contributed by atoms with Crippen LogP contribution in [-0.4, -0.2) is 48.8 Å². The maximum absolute atomic E-state index is 12.1. The summed E-state index contributed by atoms with van der Waals surface area (Å²) in [6, 6.07) is 0. The van der Waals surface area contributed by atoms with Crippen LogP contribution in [0.1, 0.15) is 23.7 Å². The molecule has 1 fully saturated rings. The minimum Gasteiger partial charge on any atom is -0.462 e. The molecule has 0 radical (unpaired) electrons. The van der Waals surface area contributed by atoms with Crippen molar-refractivity contribution in [1.29, 1.82) is 0 Å². The first kappa shape index (κ1) is 13.0. The lowest BCUT2D eigenvalue weighted by Crippen LogP contribution is -2.28. The number of ether oxygens (including phenoxy) is 1. The highest BCUT2D eigenvalue weighted by Gasteiger charge is 2.34. The Hall–Kier alpha value is -1.45. The number of hydrogen-bond donors (Lipinski definition) is 1. The Morgan fingerprint density at radius 2 is 2.44 bits per heavy atom. The standard InChI is InChI=1S/C9H13N3O5S/c1-2-16-9(13)7-6-10-11-8(7)18(14,15)12-4-3-5-17-12/h6H,2-5H2,1H3,(H,10,11). The first-order valence-corrected chi connectivity index (χ1v) is 6.87. The number of carbonyl (C=O) groups is 1. The number of nitrogens with zero attached hydrogens (tertiary/aromatic N) is 2. The summed E-state index contributed by atoms with van der Waals surface area (Å²) in [6.07, 6.45) is 1.74. The van der Waals surface area contributed by atoms with Crippen LogP contribution in [-0.2, 0) is 19.6 Å². The molecular formula is C9H13N3O5S. The van der Waals surface area contributed by atoms with Crippen LogP contribution >= 0.6 is 0 Å². The van der Waals surface area contributed by atoms with Gasteiger partial charge in [0.1, 0.15) is 5.56 Å². The normalized spacial score (nSPS) is 16.9. The second-order valence-corrected chi connectivity index (χ2v) is 5.32. The summed E-state index contributed by atoms with van der Waals surface area (Å²) in [5.41, 5.74) is -0.118. The van der Waals surface area contributed by atoms with Crippen molar-refractivity contribution in [2.24, 2.45) is 0 Å².